The first-order valence-electron chi connectivity index (χ1n) is 9.88. The van der Waals surface area contributed by atoms with Gasteiger partial charge < -0.3 is 15.7 Å². The molecule has 0 aliphatic carbocycles. The first-order valence-corrected chi connectivity index (χ1v) is 10.9. The number of nitrogen functional groups attached to an aromatic ring is 1. The van der Waals surface area contributed by atoms with Gasteiger partial charge in [0.25, 0.3) is 5.56 Å². The predicted molar refractivity (Wildman–Crippen MR) is 123 cm³/mol. The van der Waals surface area contributed by atoms with E-state index in [1.165, 1.54) is 5.56 Å². The van der Waals surface area contributed by atoms with E-state index in [-0.39, 0.29) is 29.0 Å². The van der Waals surface area contributed by atoms with E-state index < -0.39 is 0 Å². The maximum Gasteiger partial charge on any atom is 0.278 e. The summed E-state index contributed by atoms with van der Waals surface area (Å²) in [5, 5.41) is 16.4. The molecule has 9 heteroatoms. The second kappa shape index (κ2) is 10.2. The van der Waals surface area contributed by atoms with E-state index in [4.69, 9.17) is 10.8 Å². The number of aliphatic hydroxyl groups excluding tert-OH is 1. The number of nitrogens with one attached hydrogen (secondary N) is 1. The van der Waals surface area contributed by atoms with Crippen molar-refractivity contribution in [2.75, 3.05) is 22.9 Å². The molecule has 0 bridgehead atoms. The number of hydrogen-bond acceptors (Lipinski definition) is 7. The number of fused-ring (bicyclic) bond motifs is 1. The van der Waals surface area contributed by atoms with Crippen LogP contribution in [0.2, 0.25) is 0 Å². The van der Waals surface area contributed by atoms with Crippen molar-refractivity contribution in [3.05, 3.63) is 64.4 Å². The molecule has 2 heterocycles. The summed E-state index contributed by atoms with van der Waals surface area (Å²) in [6.45, 7) is 4.12. The lowest BCUT2D eigenvalue weighted by Crippen LogP contribution is -2.30. The summed E-state index contributed by atoms with van der Waals surface area (Å²) in [7, 11) is 0. The van der Waals surface area contributed by atoms with Crippen LogP contribution in [0.5, 0.6) is 0 Å². The van der Waals surface area contributed by atoms with E-state index in [1.807, 2.05) is 24.3 Å². The summed E-state index contributed by atoms with van der Waals surface area (Å²) in [5.74, 6) is 0.148. The van der Waals surface area contributed by atoms with Crippen LogP contribution in [0, 0.1) is 0 Å². The number of para-hydroxylation sites is 2. The molecule has 4 rings (SSSR count). The average molecular weight is 440 g/mol. The van der Waals surface area contributed by atoms with Gasteiger partial charge in [0.05, 0.1) is 5.75 Å². The quantitative estimate of drug-likeness (QED) is 0.421. The lowest BCUT2D eigenvalue weighted by atomic mass is 10.1. The number of benzene rings is 2. The number of nitrogens with zero attached hydrogens (tertiary/aromatic N) is 3. The minimum Gasteiger partial charge on any atom is -0.398 e. The van der Waals surface area contributed by atoms with Gasteiger partial charge >= 0.3 is 0 Å². The molecule has 31 heavy (non-hydrogen) atoms. The third-order valence-corrected chi connectivity index (χ3v) is 5.26. The van der Waals surface area contributed by atoms with Gasteiger partial charge in [-0.05, 0) is 38.0 Å². The predicted octanol–water partition coefficient (Wildman–Crippen LogP) is 2.48. The summed E-state index contributed by atoms with van der Waals surface area (Å²) in [6.07, 6.45) is 0.691. The zero-order valence-corrected chi connectivity index (χ0v) is 18.2. The molecule has 0 fully saturated rings. The van der Waals surface area contributed by atoms with Gasteiger partial charge in [-0.1, -0.05) is 48.2 Å². The van der Waals surface area contributed by atoms with Crippen molar-refractivity contribution in [2.45, 2.75) is 31.5 Å². The number of anilines is 2. The number of thioether (sulfide) groups is 1. The van der Waals surface area contributed by atoms with Gasteiger partial charge in [-0.3, -0.25) is 14.6 Å². The first-order chi connectivity index (χ1) is 14.9. The van der Waals surface area contributed by atoms with Crippen LogP contribution < -0.4 is 16.2 Å². The molecule has 1 aromatic heterocycles. The summed E-state index contributed by atoms with van der Waals surface area (Å²) >= 11 is 1.16. The maximum absolute atomic E-state index is 12.5. The van der Waals surface area contributed by atoms with Gasteiger partial charge in [0.2, 0.25) is 5.91 Å². The molecule has 1 amide bonds. The smallest absolute Gasteiger partial charge is 0.278 e. The van der Waals surface area contributed by atoms with Crippen molar-refractivity contribution in [1.29, 1.82) is 0 Å². The number of nitrogens with two attached hydrogens (primary N) is 1. The van der Waals surface area contributed by atoms with Gasteiger partial charge in [-0.15, -0.1) is 10.2 Å². The van der Waals surface area contributed by atoms with E-state index in [2.05, 4.69) is 15.2 Å². The van der Waals surface area contributed by atoms with Crippen molar-refractivity contribution < 1.29 is 9.90 Å². The van der Waals surface area contributed by atoms with Gasteiger partial charge in [-0.2, -0.15) is 0 Å². The minimum absolute atomic E-state index is 0.0241. The fourth-order valence-electron chi connectivity index (χ4n) is 3.08. The highest BCUT2D eigenvalue weighted by atomic mass is 32.2. The molecular formula is C22H25N5O3S. The SMILES string of the molecule is CC(C)O.Nc1ccccc1-c1nnc(SCC(=O)N2CCc3ccccc32)[nH]c1=O. The first kappa shape index (κ1) is 22.5. The molecule has 0 saturated heterocycles. The molecule has 2 aromatic carbocycles. The number of rotatable bonds is 4. The summed E-state index contributed by atoms with van der Waals surface area (Å²) in [5.41, 5.74) is 8.79. The zero-order valence-electron chi connectivity index (χ0n) is 17.4. The molecule has 3 aromatic rings. The van der Waals surface area contributed by atoms with Crippen LogP contribution in [0.4, 0.5) is 11.4 Å². The molecule has 1 aliphatic rings. The van der Waals surface area contributed by atoms with Crippen LogP contribution in [0.25, 0.3) is 11.3 Å². The van der Waals surface area contributed by atoms with E-state index in [9.17, 15) is 9.59 Å². The van der Waals surface area contributed by atoms with Gasteiger partial charge in [-0.25, -0.2) is 0 Å². The Kier molecular flexibility index (Phi) is 7.43. The van der Waals surface area contributed by atoms with Crippen LogP contribution in [0.1, 0.15) is 19.4 Å². The van der Waals surface area contributed by atoms with E-state index in [0.29, 0.717) is 23.0 Å². The van der Waals surface area contributed by atoms with Crippen molar-refractivity contribution >= 4 is 29.0 Å². The number of aromatic nitrogens is 3. The number of amides is 1. The van der Waals surface area contributed by atoms with Crippen molar-refractivity contribution in [2.24, 2.45) is 0 Å². The van der Waals surface area contributed by atoms with Crippen molar-refractivity contribution in [3.8, 4) is 11.3 Å². The summed E-state index contributed by atoms with van der Waals surface area (Å²) in [4.78, 5) is 29.3. The summed E-state index contributed by atoms with van der Waals surface area (Å²) < 4.78 is 0. The molecule has 0 saturated carbocycles. The van der Waals surface area contributed by atoms with Gasteiger partial charge in [0.15, 0.2) is 10.9 Å². The Balaban J connectivity index is 0.000000628. The largest absolute Gasteiger partial charge is 0.398 e. The highest BCUT2D eigenvalue weighted by Gasteiger charge is 2.24. The number of aromatic amines is 1. The Labute approximate surface area is 184 Å². The number of H-pyrrole nitrogens is 1. The molecule has 1 aliphatic heterocycles. The summed E-state index contributed by atoms with van der Waals surface area (Å²) in [6, 6.07) is 14.9. The fourth-order valence-corrected chi connectivity index (χ4v) is 3.76. The fraction of sp³-hybridized carbons (Fsp3) is 0.273. The van der Waals surface area contributed by atoms with Crippen LogP contribution in [0.3, 0.4) is 0 Å². The Morgan fingerprint density at radius 2 is 1.87 bits per heavy atom. The number of carbonyl (C=O) groups excluding carboxylic acids is 1. The molecular weight excluding hydrogens is 414 g/mol. The Hall–Kier alpha value is -3.17. The molecule has 162 valence electrons. The third kappa shape index (κ3) is 5.71. The Morgan fingerprint density at radius 3 is 2.58 bits per heavy atom. The molecule has 8 nitrogen and oxygen atoms in total. The topological polar surface area (TPSA) is 125 Å². The van der Waals surface area contributed by atoms with Crippen molar-refractivity contribution in [1.82, 2.24) is 15.2 Å². The second-order valence-electron chi connectivity index (χ2n) is 7.20. The monoisotopic (exact) mass is 439 g/mol. The maximum atomic E-state index is 12.5. The van der Waals surface area contributed by atoms with E-state index in [1.54, 1.807) is 43.0 Å². The molecule has 0 unspecified atom stereocenters. The average Bonchev–Trinajstić information content (AvgIpc) is 3.17. The van der Waals surface area contributed by atoms with Crippen molar-refractivity contribution in [3.63, 3.8) is 0 Å². The number of carbonyl (C=O) groups is 1. The molecule has 0 radical (unpaired) electrons. The van der Waals surface area contributed by atoms with E-state index in [0.717, 1.165) is 23.9 Å². The standard InChI is InChI=1S/C19H17N5O2S.C3H8O/c20-14-7-3-2-6-13(14)17-18(26)21-19(23-22-17)27-11-16(25)24-10-9-12-5-1-4-8-15(12)24;1-3(2)4/h1-8H,9-11,20H2,(H,21,23,26);3-4H,1-2H3. The third-order valence-electron chi connectivity index (χ3n) is 4.41. The second-order valence-corrected chi connectivity index (χ2v) is 8.17. The Bertz CT molecular complexity index is 1110. The number of aliphatic hydroxyl groups is 1. The van der Waals surface area contributed by atoms with Crippen LogP contribution in [-0.4, -0.2) is 44.6 Å². The number of hydrogen-bond donors (Lipinski definition) is 3. The lowest BCUT2D eigenvalue weighted by Gasteiger charge is -2.16. The van der Waals surface area contributed by atoms with Gasteiger partial charge in [0, 0.05) is 29.6 Å². The minimum atomic E-state index is -0.385. The van der Waals surface area contributed by atoms with Crippen LogP contribution in [0.15, 0.2) is 58.5 Å². The molecule has 0 spiro atoms. The van der Waals surface area contributed by atoms with Crippen LogP contribution >= 0.6 is 11.8 Å². The highest BCUT2D eigenvalue weighted by Crippen LogP contribution is 2.28. The normalized spacial score (nSPS) is 12.3. The Morgan fingerprint density at radius 1 is 1.19 bits per heavy atom. The molecule has 0 atom stereocenters. The van der Waals surface area contributed by atoms with Gasteiger partial charge in [0.1, 0.15) is 0 Å². The van der Waals surface area contributed by atoms with Crippen LogP contribution in [-0.2, 0) is 11.2 Å². The molecule has 4 N–H and O–H groups in total. The lowest BCUT2D eigenvalue weighted by molar-refractivity contribution is -0.116. The highest BCUT2D eigenvalue weighted by molar-refractivity contribution is 7.99. The van der Waals surface area contributed by atoms with E-state index >= 15 is 0 Å². The zero-order chi connectivity index (χ0) is 22.4.